The lowest BCUT2D eigenvalue weighted by Gasteiger charge is -2.28. The zero-order chi connectivity index (χ0) is 9.10. The Labute approximate surface area is 84.7 Å². The van der Waals surface area contributed by atoms with Crippen molar-refractivity contribution in [1.29, 1.82) is 0 Å². The third-order valence-electron chi connectivity index (χ3n) is 3.16. The Morgan fingerprint density at radius 1 is 0.923 bits per heavy atom. The fourth-order valence-corrected chi connectivity index (χ4v) is 3.74. The molecule has 2 fully saturated rings. The summed E-state index contributed by atoms with van der Waals surface area (Å²) >= 11 is 2.17. The van der Waals surface area contributed by atoms with Crippen LogP contribution in [0.5, 0.6) is 0 Å². The third kappa shape index (κ3) is 2.73. The lowest BCUT2D eigenvalue weighted by Crippen LogP contribution is -2.17. The number of hydrogen-bond acceptors (Lipinski definition) is 2. The van der Waals surface area contributed by atoms with E-state index in [1.807, 2.05) is 0 Å². The molecule has 0 aromatic carbocycles. The van der Waals surface area contributed by atoms with E-state index >= 15 is 0 Å². The molecule has 74 valence electrons. The highest BCUT2D eigenvalue weighted by molar-refractivity contribution is 8.00. The van der Waals surface area contributed by atoms with Crippen molar-refractivity contribution in [2.45, 2.75) is 61.9 Å². The van der Waals surface area contributed by atoms with Crippen molar-refractivity contribution in [2.24, 2.45) is 0 Å². The van der Waals surface area contributed by atoms with Crippen LogP contribution in [0.4, 0.5) is 0 Å². The number of carbonyl (C=O) groups excluding carboxylic acids is 1. The normalized spacial score (nSPS) is 31.1. The molecule has 0 heterocycles. The van der Waals surface area contributed by atoms with Crippen LogP contribution < -0.4 is 0 Å². The van der Waals surface area contributed by atoms with Crippen LogP contribution in [0.25, 0.3) is 0 Å². The first-order valence-electron chi connectivity index (χ1n) is 5.52. The molecular formula is C11H18OS. The smallest absolute Gasteiger partial charge is 0.132 e. The predicted octanol–water partition coefficient (Wildman–Crippen LogP) is 3.17. The van der Waals surface area contributed by atoms with Crippen molar-refractivity contribution in [1.82, 2.24) is 0 Å². The van der Waals surface area contributed by atoms with Gasteiger partial charge in [0.25, 0.3) is 0 Å². The molecule has 13 heavy (non-hydrogen) atoms. The Kier molecular flexibility index (Phi) is 3.31. The lowest BCUT2D eigenvalue weighted by molar-refractivity contribution is -0.118. The van der Waals surface area contributed by atoms with Crippen molar-refractivity contribution in [3.8, 4) is 0 Å². The number of carbonyl (C=O) groups is 1. The molecule has 0 aliphatic heterocycles. The van der Waals surface area contributed by atoms with Crippen molar-refractivity contribution in [2.75, 3.05) is 0 Å². The summed E-state index contributed by atoms with van der Waals surface area (Å²) in [7, 11) is 0. The van der Waals surface area contributed by atoms with Crippen molar-refractivity contribution in [3.63, 3.8) is 0 Å². The summed E-state index contributed by atoms with van der Waals surface area (Å²) in [4.78, 5) is 11.2. The highest BCUT2D eigenvalue weighted by Gasteiger charge is 2.24. The third-order valence-corrected chi connectivity index (χ3v) is 4.88. The van der Waals surface area contributed by atoms with Gasteiger partial charge in [-0.2, -0.15) is 11.8 Å². The van der Waals surface area contributed by atoms with E-state index in [0.717, 1.165) is 36.2 Å². The Balaban J connectivity index is 1.74. The second-order valence-electron chi connectivity index (χ2n) is 4.28. The Morgan fingerprint density at radius 3 is 2.31 bits per heavy atom. The summed E-state index contributed by atoms with van der Waals surface area (Å²) in [5.41, 5.74) is 0. The fraction of sp³-hybridized carbons (Fsp3) is 0.909. The SMILES string of the molecule is O=C1CCCC(SC2CCC2)CC1. The van der Waals surface area contributed by atoms with Gasteiger partial charge in [0, 0.05) is 23.3 Å². The second kappa shape index (κ2) is 4.50. The van der Waals surface area contributed by atoms with Crippen molar-refractivity contribution >= 4 is 17.5 Å². The number of ketones is 1. The molecule has 2 heteroatoms. The van der Waals surface area contributed by atoms with E-state index in [1.54, 1.807) is 0 Å². The van der Waals surface area contributed by atoms with E-state index in [1.165, 1.54) is 25.7 Å². The quantitative estimate of drug-likeness (QED) is 0.634. The summed E-state index contributed by atoms with van der Waals surface area (Å²) in [5.74, 6) is 0.497. The van der Waals surface area contributed by atoms with Gasteiger partial charge in [0.15, 0.2) is 0 Å². The van der Waals surface area contributed by atoms with Crippen LogP contribution in [0.1, 0.15) is 51.4 Å². The maximum Gasteiger partial charge on any atom is 0.132 e. The van der Waals surface area contributed by atoms with Crippen LogP contribution in [0.3, 0.4) is 0 Å². The van der Waals surface area contributed by atoms with Crippen LogP contribution >= 0.6 is 11.8 Å². The maximum atomic E-state index is 11.2. The molecular weight excluding hydrogens is 180 g/mol. The van der Waals surface area contributed by atoms with Gasteiger partial charge < -0.3 is 0 Å². The predicted molar refractivity (Wildman–Crippen MR) is 57.1 cm³/mol. The maximum absolute atomic E-state index is 11.2. The van der Waals surface area contributed by atoms with Crippen LogP contribution in [0.2, 0.25) is 0 Å². The first-order chi connectivity index (χ1) is 6.34. The first-order valence-corrected chi connectivity index (χ1v) is 6.46. The molecule has 1 nitrogen and oxygen atoms in total. The van der Waals surface area contributed by atoms with E-state index in [4.69, 9.17) is 0 Å². The Hall–Kier alpha value is 0.0200. The molecule has 0 aromatic heterocycles. The van der Waals surface area contributed by atoms with Crippen LogP contribution in [-0.2, 0) is 4.79 Å². The molecule has 1 unspecified atom stereocenters. The lowest BCUT2D eigenvalue weighted by atomic mass is 10.00. The number of thioether (sulfide) groups is 1. The molecule has 2 aliphatic carbocycles. The summed E-state index contributed by atoms with van der Waals surface area (Å²) in [6.45, 7) is 0. The molecule has 2 saturated carbocycles. The minimum absolute atomic E-state index is 0.497. The molecule has 2 rings (SSSR count). The average Bonchev–Trinajstić information content (AvgIpc) is 2.23. The Bertz CT molecular complexity index is 187. The van der Waals surface area contributed by atoms with Crippen molar-refractivity contribution in [3.05, 3.63) is 0 Å². The monoisotopic (exact) mass is 198 g/mol. The van der Waals surface area contributed by atoms with E-state index in [0.29, 0.717) is 5.78 Å². The largest absolute Gasteiger partial charge is 0.300 e. The number of Topliss-reactive ketones (excluding diaryl/α,β-unsaturated/α-hetero) is 1. The molecule has 0 bridgehead atoms. The van der Waals surface area contributed by atoms with Gasteiger partial charge in [-0.25, -0.2) is 0 Å². The Morgan fingerprint density at radius 2 is 1.62 bits per heavy atom. The summed E-state index contributed by atoms with van der Waals surface area (Å²) < 4.78 is 0. The number of rotatable bonds is 2. The molecule has 0 saturated heterocycles. The molecule has 2 aliphatic rings. The van der Waals surface area contributed by atoms with Gasteiger partial charge in [0.2, 0.25) is 0 Å². The van der Waals surface area contributed by atoms with Crippen LogP contribution in [-0.4, -0.2) is 16.3 Å². The number of hydrogen-bond donors (Lipinski definition) is 0. The molecule has 0 N–H and O–H groups in total. The highest BCUT2D eigenvalue weighted by Crippen LogP contribution is 2.38. The molecule has 0 spiro atoms. The van der Waals surface area contributed by atoms with Crippen LogP contribution in [0.15, 0.2) is 0 Å². The van der Waals surface area contributed by atoms with E-state index < -0.39 is 0 Å². The van der Waals surface area contributed by atoms with Gasteiger partial charge in [0.1, 0.15) is 5.78 Å². The molecule has 0 aromatic rings. The highest BCUT2D eigenvalue weighted by atomic mass is 32.2. The minimum Gasteiger partial charge on any atom is -0.300 e. The first kappa shape index (κ1) is 9.57. The topological polar surface area (TPSA) is 17.1 Å². The zero-order valence-corrected chi connectivity index (χ0v) is 8.94. The van der Waals surface area contributed by atoms with Crippen molar-refractivity contribution < 1.29 is 4.79 Å². The fourth-order valence-electron chi connectivity index (χ4n) is 2.03. The molecule has 0 amide bonds. The van der Waals surface area contributed by atoms with E-state index in [9.17, 15) is 4.79 Å². The van der Waals surface area contributed by atoms with E-state index in [-0.39, 0.29) is 0 Å². The van der Waals surface area contributed by atoms with Crippen LogP contribution in [0, 0.1) is 0 Å². The molecule has 0 radical (unpaired) electrons. The van der Waals surface area contributed by atoms with E-state index in [2.05, 4.69) is 11.8 Å². The van der Waals surface area contributed by atoms with Gasteiger partial charge in [-0.05, 0) is 32.1 Å². The molecule has 1 atom stereocenters. The zero-order valence-electron chi connectivity index (χ0n) is 8.13. The van der Waals surface area contributed by atoms with Gasteiger partial charge in [-0.3, -0.25) is 4.79 Å². The minimum atomic E-state index is 0.497. The summed E-state index contributed by atoms with van der Waals surface area (Å²) in [6.07, 6.45) is 9.57. The van der Waals surface area contributed by atoms with Gasteiger partial charge in [0.05, 0.1) is 0 Å². The second-order valence-corrected chi connectivity index (χ2v) is 5.89. The summed E-state index contributed by atoms with van der Waals surface area (Å²) in [6, 6.07) is 0. The van der Waals surface area contributed by atoms with Gasteiger partial charge in [-0.15, -0.1) is 0 Å². The van der Waals surface area contributed by atoms with Gasteiger partial charge in [-0.1, -0.05) is 6.42 Å². The standard InChI is InChI=1S/C11H18OS/c12-9-3-1-4-11(8-7-9)13-10-5-2-6-10/h10-11H,1-8H2. The van der Waals surface area contributed by atoms with Gasteiger partial charge >= 0.3 is 0 Å². The summed E-state index contributed by atoms with van der Waals surface area (Å²) in [5, 5.41) is 1.75. The average molecular weight is 198 g/mol.